The number of benzene rings is 1. The van der Waals surface area contributed by atoms with E-state index in [1.807, 2.05) is 13.0 Å². The zero-order valence-corrected chi connectivity index (χ0v) is 10.7. The van der Waals surface area contributed by atoms with Crippen molar-refractivity contribution in [1.29, 1.82) is 5.41 Å². The molecule has 98 valence electrons. The molecule has 1 aliphatic carbocycles. The fourth-order valence-corrected chi connectivity index (χ4v) is 2.23. The Morgan fingerprint density at radius 3 is 2.67 bits per heavy atom. The van der Waals surface area contributed by atoms with Gasteiger partial charge in [-0.05, 0) is 50.8 Å². The van der Waals surface area contributed by atoms with Crippen LogP contribution in [0.1, 0.15) is 38.2 Å². The fourth-order valence-electron chi connectivity index (χ4n) is 2.23. The van der Waals surface area contributed by atoms with Crippen molar-refractivity contribution in [2.45, 2.75) is 38.7 Å². The second-order valence-electron chi connectivity index (χ2n) is 4.53. The molecule has 1 fully saturated rings. The SMILES string of the molecule is CCOc1cc(C(=N)N)ccc1OC1CCCC1. The van der Waals surface area contributed by atoms with Crippen molar-refractivity contribution in [3.05, 3.63) is 23.8 Å². The summed E-state index contributed by atoms with van der Waals surface area (Å²) in [7, 11) is 0. The highest BCUT2D eigenvalue weighted by molar-refractivity contribution is 5.95. The minimum absolute atomic E-state index is 0.0448. The molecule has 0 amide bonds. The second kappa shape index (κ2) is 5.76. The Labute approximate surface area is 108 Å². The molecule has 2 rings (SSSR count). The first kappa shape index (κ1) is 12.7. The molecular formula is C14H20N2O2. The predicted molar refractivity (Wildman–Crippen MR) is 71.5 cm³/mol. The maximum atomic E-state index is 7.44. The molecule has 1 saturated carbocycles. The van der Waals surface area contributed by atoms with Gasteiger partial charge >= 0.3 is 0 Å². The van der Waals surface area contributed by atoms with Gasteiger partial charge in [-0.1, -0.05) is 0 Å². The lowest BCUT2D eigenvalue weighted by Gasteiger charge is -2.17. The minimum Gasteiger partial charge on any atom is -0.490 e. The molecule has 1 aliphatic rings. The van der Waals surface area contributed by atoms with Gasteiger partial charge in [0.05, 0.1) is 12.7 Å². The molecule has 4 nitrogen and oxygen atoms in total. The number of rotatable bonds is 5. The van der Waals surface area contributed by atoms with Crippen molar-refractivity contribution < 1.29 is 9.47 Å². The van der Waals surface area contributed by atoms with Crippen LogP contribution in [0.2, 0.25) is 0 Å². The van der Waals surface area contributed by atoms with Crippen molar-refractivity contribution in [2.24, 2.45) is 5.73 Å². The van der Waals surface area contributed by atoms with E-state index in [0.29, 0.717) is 24.0 Å². The maximum Gasteiger partial charge on any atom is 0.161 e. The maximum absolute atomic E-state index is 7.44. The zero-order valence-electron chi connectivity index (χ0n) is 10.7. The molecule has 0 atom stereocenters. The molecule has 4 heteroatoms. The van der Waals surface area contributed by atoms with Crippen LogP contribution in [0, 0.1) is 5.41 Å². The summed E-state index contributed by atoms with van der Waals surface area (Å²) in [5.41, 5.74) is 6.14. The standard InChI is InChI=1S/C14H20N2O2/c1-2-17-13-9-10(14(15)16)7-8-12(13)18-11-5-3-4-6-11/h7-9,11H,2-6H2,1H3,(H3,15,16). The molecule has 0 spiro atoms. The van der Waals surface area contributed by atoms with Crippen LogP contribution in [-0.2, 0) is 0 Å². The quantitative estimate of drug-likeness (QED) is 0.622. The smallest absolute Gasteiger partial charge is 0.161 e. The summed E-state index contributed by atoms with van der Waals surface area (Å²) < 4.78 is 11.5. The summed E-state index contributed by atoms with van der Waals surface area (Å²) in [6.07, 6.45) is 4.99. The van der Waals surface area contributed by atoms with E-state index >= 15 is 0 Å². The molecule has 1 aromatic carbocycles. The molecule has 1 aromatic rings. The van der Waals surface area contributed by atoms with Gasteiger partial charge in [-0.15, -0.1) is 0 Å². The molecule has 0 saturated heterocycles. The van der Waals surface area contributed by atoms with Crippen molar-refractivity contribution in [1.82, 2.24) is 0 Å². The Morgan fingerprint density at radius 1 is 1.33 bits per heavy atom. The van der Waals surface area contributed by atoms with E-state index in [0.717, 1.165) is 18.6 Å². The van der Waals surface area contributed by atoms with E-state index in [4.69, 9.17) is 20.6 Å². The molecule has 0 radical (unpaired) electrons. The summed E-state index contributed by atoms with van der Waals surface area (Å²) in [4.78, 5) is 0. The van der Waals surface area contributed by atoms with Gasteiger partial charge < -0.3 is 15.2 Å². The Kier molecular flexibility index (Phi) is 4.07. The van der Waals surface area contributed by atoms with Gasteiger partial charge in [-0.2, -0.15) is 0 Å². The lowest BCUT2D eigenvalue weighted by atomic mass is 10.2. The third kappa shape index (κ3) is 2.94. The van der Waals surface area contributed by atoms with Crippen LogP contribution >= 0.6 is 0 Å². The average Bonchev–Trinajstić information content (AvgIpc) is 2.84. The highest BCUT2D eigenvalue weighted by Crippen LogP contribution is 2.32. The number of hydrogen-bond donors (Lipinski definition) is 2. The third-order valence-electron chi connectivity index (χ3n) is 3.15. The number of nitrogen functional groups attached to an aromatic ring is 1. The Morgan fingerprint density at radius 2 is 2.06 bits per heavy atom. The number of hydrogen-bond acceptors (Lipinski definition) is 3. The predicted octanol–water partition coefficient (Wildman–Crippen LogP) is 2.69. The second-order valence-corrected chi connectivity index (χ2v) is 4.53. The molecule has 0 aromatic heterocycles. The highest BCUT2D eigenvalue weighted by atomic mass is 16.5. The van der Waals surface area contributed by atoms with Crippen LogP contribution in [0.15, 0.2) is 18.2 Å². The van der Waals surface area contributed by atoms with Crippen LogP contribution < -0.4 is 15.2 Å². The lowest BCUT2D eigenvalue weighted by Crippen LogP contribution is -2.14. The van der Waals surface area contributed by atoms with Crippen molar-refractivity contribution in [3.8, 4) is 11.5 Å². The summed E-state index contributed by atoms with van der Waals surface area (Å²) >= 11 is 0. The monoisotopic (exact) mass is 248 g/mol. The zero-order chi connectivity index (χ0) is 13.0. The Balaban J connectivity index is 2.19. The van der Waals surface area contributed by atoms with Gasteiger partial charge in [0.25, 0.3) is 0 Å². The van der Waals surface area contributed by atoms with Gasteiger partial charge in [0.15, 0.2) is 11.5 Å². The largest absolute Gasteiger partial charge is 0.490 e. The van der Waals surface area contributed by atoms with E-state index in [1.54, 1.807) is 12.1 Å². The van der Waals surface area contributed by atoms with E-state index in [2.05, 4.69) is 0 Å². The summed E-state index contributed by atoms with van der Waals surface area (Å²) in [5, 5.41) is 7.44. The van der Waals surface area contributed by atoms with E-state index in [-0.39, 0.29) is 5.84 Å². The molecule has 0 bridgehead atoms. The normalized spacial score (nSPS) is 15.6. The fraction of sp³-hybridized carbons (Fsp3) is 0.500. The van der Waals surface area contributed by atoms with Crippen molar-refractivity contribution in [3.63, 3.8) is 0 Å². The highest BCUT2D eigenvalue weighted by Gasteiger charge is 2.18. The van der Waals surface area contributed by atoms with Gasteiger partial charge in [0, 0.05) is 5.56 Å². The van der Waals surface area contributed by atoms with Crippen LogP contribution in [0.5, 0.6) is 11.5 Å². The molecule has 0 aliphatic heterocycles. The van der Waals surface area contributed by atoms with Crippen LogP contribution in [0.4, 0.5) is 0 Å². The first-order valence-electron chi connectivity index (χ1n) is 6.48. The van der Waals surface area contributed by atoms with Crippen molar-refractivity contribution >= 4 is 5.84 Å². The topological polar surface area (TPSA) is 68.3 Å². The Bertz CT molecular complexity index is 426. The molecule has 0 heterocycles. The summed E-state index contributed by atoms with van der Waals surface area (Å²) in [6.45, 7) is 2.50. The number of nitrogens with two attached hydrogens (primary N) is 1. The molecule has 18 heavy (non-hydrogen) atoms. The minimum atomic E-state index is 0.0448. The van der Waals surface area contributed by atoms with Gasteiger partial charge in [0.1, 0.15) is 5.84 Å². The van der Waals surface area contributed by atoms with Crippen molar-refractivity contribution in [2.75, 3.05) is 6.61 Å². The number of ether oxygens (including phenoxy) is 2. The summed E-state index contributed by atoms with van der Waals surface area (Å²) in [5.74, 6) is 1.48. The van der Waals surface area contributed by atoms with E-state index < -0.39 is 0 Å². The first-order valence-corrected chi connectivity index (χ1v) is 6.48. The third-order valence-corrected chi connectivity index (χ3v) is 3.15. The first-order chi connectivity index (χ1) is 8.70. The Hall–Kier alpha value is -1.71. The van der Waals surface area contributed by atoms with Gasteiger partial charge in [0.2, 0.25) is 0 Å². The van der Waals surface area contributed by atoms with E-state index in [1.165, 1.54) is 12.8 Å². The molecule has 3 N–H and O–H groups in total. The van der Waals surface area contributed by atoms with Gasteiger partial charge in [-0.3, -0.25) is 5.41 Å². The van der Waals surface area contributed by atoms with Crippen LogP contribution in [0.3, 0.4) is 0 Å². The number of nitrogens with one attached hydrogen (secondary N) is 1. The molecule has 0 unspecified atom stereocenters. The number of amidine groups is 1. The van der Waals surface area contributed by atoms with Crippen LogP contribution in [0.25, 0.3) is 0 Å². The molecular weight excluding hydrogens is 228 g/mol. The lowest BCUT2D eigenvalue weighted by molar-refractivity contribution is 0.197. The average molecular weight is 248 g/mol. The van der Waals surface area contributed by atoms with Gasteiger partial charge in [-0.25, -0.2) is 0 Å². The van der Waals surface area contributed by atoms with Crippen LogP contribution in [-0.4, -0.2) is 18.5 Å². The van der Waals surface area contributed by atoms with E-state index in [9.17, 15) is 0 Å². The summed E-state index contributed by atoms with van der Waals surface area (Å²) in [6, 6.07) is 5.42.